The van der Waals surface area contributed by atoms with Crippen LogP contribution in [-0.4, -0.2) is 89.3 Å². The van der Waals surface area contributed by atoms with Gasteiger partial charge in [-0.25, -0.2) is 0 Å². The van der Waals surface area contributed by atoms with Crippen LogP contribution in [0.25, 0.3) is 6.08 Å². The van der Waals surface area contributed by atoms with E-state index in [9.17, 15) is 30.6 Å². The lowest BCUT2D eigenvalue weighted by Crippen LogP contribution is -2.54. The average Bonchev–Trinajstić information content (AvgIpc) is 2.87. The molecule has 10 heteroatoms. The Balaban J connectivity index is 2.04. The number of aliphatic hydroxyl groups is 5. The summed E-state index contributed by atoms with van der Waals surface area (Å²) in [5.41, 5.74) is 1.96. The van der Waals surface area contributed by atoms with Crippen LogP contribution >= 0.6 is 0 Å². The van der Waals surface area contributed by atoms with E-state index >= 15 is 0 Å². The largest absolute Gasteiger partial charge is 0.504 e. The normalized spacial score (nSPS) is 23.3. The molecule has 0 amide bonds. The number of ether oxygens (including phenoxy) is 4. The number of hydrogen-bond acceptors (Lipinski definition) is 10. The summed E-state index contributed by atoms with van der Waals surface area (Å²) in [6, 6.07) is 8.28. The number of hydrogen-bond donors (Lipinski definition) is 6. The van der Waals surface area contributed by atoms with Crippen molar-refractivity contribution in [1.29, 1.82) is 0 Å². The molecule has 192 valence electrons. The smallest absolute Gasteiger partial charge is 0.229 e. The van der Waals surface area contributed by atoms with Gasteiger partial charge in [0.15, 0.2) is 23.0 Å². The molecule has 2 aromatic rings. The van der Waals surface area contributed by atoms with Crippen molar-refractivity contribution in [2.24, 2.45) is 0 Å². The highest BCUT2D eigenvalue weighted by molar-refractivity contribution is 5.60. The summed E-state index contributed by atoms with van der Waals surface area (Å²) in [7, 11) is 2.87. The first kappa shape index (κ1) is 26.7. The van der Waals surface area contributed by atoms with E-state index in [-0.39, 0.29) is 37.1 Å². The Morgan fingerprint density at radius 2 is 1.77 bits per heavy atom. The highest BCUT2D eigenvalue weighted by atomic mass is 16.7. The van der Waals surface area contributed by atoms with Gasteiger partial charge in [-0.05, 0) is 41.8 Å². The van der Waals surface area contributed by atoms with Crippen LogP contribution in [0, 0.1) is 0 Å². The van der Waals surface area contributed by atoms with Crippen LogP contribution in [0.1, 0.15) is 22.6 Å². The number of phenols is 1. The second-order valence-corrected chi connectivity index (χ2v) is 8.18. The van der Waals surface area contributed by atoms with Gasteiger partial charge in [0, 0.05) is 11.5 Å². The monoisotopic (exact) mass is 492 g/mol. The molecule has 1 heterocycles. The zero-order valence-electron chi connectivity index (χ0n) is 19.6. The van der Waals surface area contributed by atoms with E-state index in [1.807, 2.05) is 0 Å². The summed E-state index contributed by atoms with van der Waals surface area (Å²) >= 11 is 0. The minimum absolute atomic E-state index is 0.0113. The molecule has 1 fully saturated rings. The van der Waals surface area contributed by atoms with E-state index in [1.165, 1.54) is 20.3 Å². The number of benzene rings is 2. The Morgan fingerprint density at radius 1 is 1.03 bits per heavy atom. The van der Waals surface area contributed by atoms with Crippen molar-refractivity contribution in [3.63, 3.8) is 0 Å². The van der Waals surface area contributed by atoms with E-state index in [2.05, 4.69) is 0 Å². The summed E-state index contributed by atoms with van der Waals surface area (Å²) in [5, 5.41) is 59.6. The Bertz CT molecular complexity index is 1010. The topological polar surface area (TPSA) is 158 Å². The zero-order valence-corrected chi connectivity index (χ0v) is 19.6. The fourth-order valence-electron chi connectivity index (χ4n) is 3.92. The molecule has 10 nitrogen and oxygen atoms in total. The Morgan fingerprint density at radius 3 is 2.43 bits per heavy atom. The molecule has 3 rings (SSSR count). The molecule has 0 aliphatic carbocycles. The predicted octanol–water partition coefficient (Wildman–Crippen LogP) is 0.551. The summed E-state index contributed by atoms with van der Waals surface area (Å²) in [5.74, 6) is 0.221. The first-order valence-corrected chi connectivity index (χ1v) is 11.1. The van der Waals surface area contributed by atoms with Gasteiger partial charge in [0.05, 0.1) is 34.0 Å². The molecule has 6 N–H and O–H groups in total. The maximum absolute atomic E-state index is 10.4. The molecule has 1 aliphatic heterocycles. The molecule has 35 heavy (non-hydrogen) atoms. The molecule has 5 atom stereocenters. The molecule has 0 spiro atoms. The van der Waals surface area contributed by atoms with Crippen LogP contribution in [-0.2, 0) is 11.2 Å². The molecular weight excluding hydrogens is 460 g/mol. The van der Waals surface area contributed by atoms with Crippen LogP contribution in [0.15, 0.2) is 36.4 Å². The zero-order chi connectivity index (χ0) is 25.5. The molecule has 1 aliphatic rings. The van der Waals surface area contributed by atoms with Crippen LogP contribution < -0.4 is 14.2 Å². The van der Waals surface area contributed by atoms with Crippen molar-refractivity contribution < 1.29 is 49.6 Å². The number of aliphatic hydroxyl groups excluding tert-OH is 5. The molecule has 0 aromatic heterocycles. The van der Waals surface area contributed by atoms with Gasteiger partial charge in [-0.2, -0.15) is 0 Å². The van der Waals surface area contributed by atoms with Gasteiger partial charge < -0.3 is 49.6 Å². The number of rotatable bonds is 10. The Kier molecular flexibility index (Phi) is 9.33. The minimum atomic E-state index is -1.53. The first-order chi connectivity index (χ1) is 16.8. The van der Waals surface area contributed by atoms with E-state index < -0.39 is 30.5 Å². The van der Waals surface area contributed by atoms with Gasteiger partial charge in [0.25, 0.3) is 0 Å². The van der Waals surface area contributed by atoms with Gasteiger partial charge in [0.1, 0.15) is 18.3 Å². The minimum Gasteiger partial charge on any atom is -0.504 e. The number of methoxy groups -OCH3 is 2. The second-order valence-electron chi connectivity index (χ2n) is 8.18. The van der Waals surface area contributed by atoms with E-state index in [4.69, 9.17) is 18.9 Å². The third-order valence-corrected chi connectivity index (χ3v) is 5.82. The van der Waals surface area contributed by atoms with E-state index in [1.54, 1.807) is 36.4 Å². The molecule has 2 aromatic carbocycles. The van der Waals surface area contributed by atoms with E-state index in [0.29, 0.717) is 23.3 Å². The van der Waals surface area contributed by atoms with Gasteiger partial charge in [0.2, 0.25) is 6.29 Å². The lowest BCUT2D eigenvalue weighted by molar-refractivity contribution is -0.242. The SMILES string of the molecule is COc1cc(C[C@@H](CO)c2cc(C=CCO)cc(OC)c2O[C@@H]2OC[C@@H](O)[C@H](O)[C@H]2O)ccc1O. The molecular formula is C25H32O10. The second kappa shape index (κ2) is 12.2. The molecule has 1 saturated heterocycles. The Labute approximate surface area is 203 Å². The molecule has 0 unspecified atom stereocenters. The Hall–Kier alpha value is -2.86. The van der Waals surface area contributed by atoms with Crippen molar-refractivity contribution in [2.75, 3.05) is 34.0 Å². The van der Waals surface area contributed by atoms with Crippen LogP contribution in [0.2, 0.25) is 0 Å². The van der Waals surface area contributed by atoms with Gasteiger partial charge in [-0.3, -0.25) is 0 Å². The summed E-state index contributed by atoms with van der Waals surface area (Å²) in [6.07, 6.45) is -1.99. The highest BCUT2D eigenvalue weighted by Crippen LogP contribution is 2.41. The molecule has 0 radical (unpaired) electrons. The highest BCUT2D eigenvalue weighted by Gasteiger charge is 2.40. The predicted molar refractivity (Wildman–Crippen MR) is 126 cm³/mol. The van der Waals surface area contributed by atoms with Crippen molar-refractivity contribution in [1.82, 2.24) is 0 Å². The van der Waals surface area contributed by atoms with Crippen LogP contribution in [0.5, 0.6) is 23.0 Å². The number of phenolic OH excluding ortho intramolecular Hbond substituents is 1. The van der Waals surface area contributed by atoms with Crippen LogP contribution in [0.3, 0.4) is 0 Å². The van der Waals surface area contributed by atoms with E-state index in [0.717, 1.165) is 5.56 Å². The van der Waals surface area contributed by atoms with Gasteiger partial charge >= 0.3 is 0 Å². The third-order valence-electron chi connectivity index (χ3n) is 5.82. The third kappa shape index (κ3) is 6.23. The lowest BCUT2D eigenvalue weighted by atomic mass is 9.90. The van der Waals surface area contributed by atoms with Crippen molar-refractivity contribution in [3.05, 3.63) is 53.1 Å². The number of aromatic hydroxyl groups is 1. The average molecular weight is 493 g/mol. The summed E-state index contributed by atoms with van der Waals surface area (Å²) in [4.78, 5) is 0. The summed E-state index contributed by atoms with van der Waals surface area (Å²) in [6.45, 7) is -0.700. The van der Waals surface area contributed by atoms with Gasteiger partial charge in [-0.15, -0.1) is 0 Å². The molecule has 0 saturated carbocycles. The first-order valence-electron chi connectivity index (χ1n) is 11.1. The fraction of sp³-hybridized carbons (Fsp3) is 0.440. The van der Waals surface area contributed by atoms with Gasteiger partial charge in [-0.1, -0.05) is 18.2 Å². The van der Waals surface area contributed by atoms with Crippen LogP contribution in [0.4, 0.5) is 0 Å². The quantitative estimate of drug-likeness (QED) is 0.277. The molecule has 0 bridgehead atoms. The van der Waals surface area contributed by atoms with Crippen molar-refractivity contribution >= 4 is 6.08 Å². The summed E-state index contributed by atoms with van der Waals surface area (Å²) < 4.78 is 22.1. The fourth-order valence-corrected chi connectivity index (χ4v) is 3.92. The maximum atomic E-state index is 10.4. The van der Waals surface area contributed by atoms with Crippen molar-refractivity contribution in [3.8, 4) is 23.0 Å². The lowest BCUT2D eigenvalue weighted by Gasteiger charge is -2.36. The standard InChI is InChI=1S/C25H32O10/c1-32-20-10-15(5-6-18(20)28)8-16(12-27)17-9-14(4-3-7-26)11-21(33-2)24(17)35-25-23(31)22(30)19(29)13-34-25/h3-6,9-11,16,19,22-23,25-31H,7-8,12-13H2,1-2H3/t16-,19+,22-,23+,25-/m0/s1. The van der Waals surface area contributed by atoms with Crippen molar-refractivity contribution in [2.45, 2.75) is 36.9 Å². The maximum Gasteiger partial charge on any atom is 0.229 e.